The number of nitro groups is 1. The number of hydrogen-bond acceptors (Lipinski definition) is 6. The molecule has 0 fully saturated rings. The van der Waals surface area contributed by atoms with Crippen LogP contribution in [0.25, 0.3) is 0 Å². The first-order chi connectivity index (χ1) is 11.8. The normalized spacial score (nSPS) is 12.7. The molecule has 0 aliphatic carbocycles. The van der Waals surface area contributed by atoms with Gasteiger partial charge in [-0.05, 0) is 20.9 Å². The van der Waals surface area contributed by atoms with E-state index in [-0.39, 0.29) is 48.0 Å². The minimum Gasteiger partial charge on any atom is -0.463 e. The van der Waals surface area contributed by atoms with Gasteiger partial charge in [0.2, 0.25) is 5.91 Å². The number of nitro benzene ring substituents is 1. The Labute approximate surface area is 159 Å². The molecule has 26 heavy (non-hydrogen) atoms. The molecule has 0 bridgehead atoms. The summed E-state index contributed by atoms with van der Waals surface area (Å²) in [6.07, 6.45) is -0.487. The van der Waals surface area contributed by atoms with Gasteiger partial charge in [0.05, 0.1) is 29.1 Å². The van der Waals surface area contributed by atoms with Crippen LogP contribution in [0.3, 0.4) is 0 Å². The number of rotatable bonds is 9. The van der Waals surface area contributed by atoms with Gasteiger partial charge in [0, 0.05) is 18.5 Å². The molecule has 1 rings (SSSR count). The van der Waals surface area contributed by atoms with E-state index in [0.29, 0.717) is 6.54 Å². The van der Waals surface area contributed by atoms with Crippen molar-refractivity contribution in [1.29, 1.82) is 0 Å². The van der Waals surface area contributed by atoms with Crippen LogP contribution < -0.4 is 10.6 Å². The highest BCUT2D eigenvalue weighted by atomic mass is 35.5. The average Bonchev–Trinajstić information content (AvgIpc) is 2.53. The van der Waals surface area contributed by atoms with E-state index in [1.165, 1.54) is 18.2 Å². The molecule has 0 radical (unpaired) electrons. The smallest absolute Gasteiger partial charge is 0.308 e. The van der Waals surface area contributed by atoms with Crippen LogP contribution in [0.4, 0.5) is 5.69 Å². The molecule has 2 unspecified atom stereocenters. The highest BCUT2D eigenvalue weighted by Crippen LogP contribution is 2.27. The van der Waals surface area contributed by atoms with Gasteiger partial charge in [-0.2, -0.15) is 0 Å². The molecule has 146 valence electrons. The van der Waals surface area contributed by atoms with Gasteiger partial charge in [-0.1, -0.05) is 25.1 Å². The molecule has 0 aliphatic heterocycles. The first kappa shape index (κ1) is 23.8. The van der Waals surface area contributed by atoms with Crippen molar-refractivity contribution >= 4 is 30.0 Å². The molecule has 1 aromatic carbocycles. The molecule has 1 amide bonds. The molecule has 0 aliphatic rings. The molecule has 0 saturated carbocycles. The molecular weight excluding hydrogens is 362 g/mol. The predicted molar refractivity (Wildman–Crippen MR) is 100 cm³/mol. The Morgan fingerprint density at radius 3 is 2.38 bits per heavy atom. The summed E-state index contributed by atoms with van der Waals surface area (Å²) in [7, 11) is 1.73. The Hall–Kier alpha value is -2.19. The van der Waals surface area contributed by atoms with Crippen molar-refractivity contribution in [3.63, 3.8) is 0 Å². The molecule has 0 saturated heterocycles. The maximum Gasteiger partial charge on any atom is 0.308 e. The molecule has 0 heterocycles. The van der Waals surface area contributed by atoms with Gasteiger partial charge in [-0.25, -0.2) is 0 Å². The van der Waals surface area contributed by atoms with E-state index in [1.54, 1.807) is 33.9 Å². The third kappa shape index (κ3) is 7.37. The fourth-order valence-corrected chi connectivity index (χ4v) is 2.38. The van der Waals surface area contributed by atoms with Gasteiger partial charge in [0.15, 0.2) is 0 Å². The lowest BCUT2D eigenvalue weighted by atomic mass is 10.0. The molecule has 0 spiro atoms. The summed E-state index contributed by atoms with van der Waals surface area (Å²) in [5.74, 6) is -1.18. The number of hydrogen-bond donors (Lipinski definition) is 2. The van der Waals surface area contributed by atoms with Crippen molar-refractivity contribution in [2.45, 2.75) is 39.3 Å². The highest BCUT2D eigenvalue weighted by molar-refractivity contribution is 5.85. The van der Waals surface area contributed by atoms with Gasteiger partial charge >= 0.3 is 5.97 Å². The van der Waals surface area contributed by atoms with E-state index >= 15 is 0 Å². The number of benzene rings is 1. The highest BCUT2D eigenvalue weighted by Gasteiger charge is 2.27. The topological polar surface area (TPSA) is 111 Å². The zero-order chi connectivity index (χ0) is 19.0. The average molecular weight is 388 g/mol. The Morgan fingerprint density at radius 1 is 1.23 bits per heavy atom. The number of ether oxygens (including phenoxy) is 1. The number of nitrogens with one attached hydrogen (secondary N) is 2. The second kappa shape index (κ2) is 11.4. The van der Waals surface area contributed by atoms with Crippen molar-refractivity contribution in [2.24, 2.45) is 5.92 Å². The predicted octanol–water partition coefficient (Wildman–Crippen LogP) is 2.37. The van der Waals surface area contributed by atoms with Crippen LogP contribution in [0.15, 0.2) is 24.3 Å². The van der Waals surface area contributed by atoms with Crippen LogP contribution >= 0.6 is 12.4 Å². The minimum absolute atomic E-state index is 0. The number of carbonyl (C=O) groups is 2. The third-order valence-electron chi connectivity index (χ3n) is 3.52. The van der Waals surface area contributed by atoms with Crippen LogP contribution in [0.2, 0.25) is 0 Å². The summed E-state index contributed by atoms with van der Waals surface area (Å²) >= 11 is 0. The van der Waals surface area contributed by atoms with Crippen LogP contribution in [0.1, 0.15) is 38.8 Å². The largest absolute Gasteiger partial charge is 0.463 e. The maximum atomic E-state index is 12.3. The molecule has 8 nitrogen and oxygen atoms in total. The Balaban J connectivity index is 0.00000625. The second-order valence-electron chi connectivity index (χ2n) is 6.08. The van der Waals surface area contributed by atoms with Gasteiger partial charge < -0.3 is 15.4 Å². The molecular formula is C17H26ClN3O5. The maximum absolute atomic E-state index is 12.3. The molecule has 0 aromatic heterocycles. The van der Waals surface area contributed by atoms with Crippen molar-refractivity contribution < 1.29 is 19.2 Å². The number of carbonyl (C=O) groups excluding carboxylic acids is 2. The lowest BCUT2D eigenvalue weighted by molar-refractivity contribution is -0.385. The van der Waals surface area contributed by atoms with Gasteiger partial charge in [-0.3, -0.25) is 19.7 Å². The van der Waals surface area contributed by atoms with E-state index in [0.717, 1.165) is 0 Å². The van der Waals surface area contributed by atoms with E-state index in [1.807, 2.05) is 0 Å². The second-order valence-corrected chi connectivity index (χ2v) is 6.08. The number of halogens is 1. The van der Waals surface area contributed by atoms with E-state index < -0.39 is 16.9 Å². The van der Waals surface area contributed by atoms with Crippen LogP contribution in [0, 0.1) is 16.0 Å². The summed E-state index contributed by atoms with van der Waals surface area (Å²) in [6, 6.07) is 5.22. The van der Waals surface area contributed by atoms with Gasteiger partial charge in [-0.15, -0.1) is 12.4 Å². The first-order valence-electron chi connectivity index (χ1n) is 8.14. The lowest BCUT2D eigenvalue weighted by Gasteiger charge is -2.21. The Bertz CT molecular complexity index is 624. The van der Waals surface area contributed by atoms with E-state index in [4.69, 9.17) is 4.74 Å². The SMILES string of the molecule is CNCC(C)C(=O)NC(CC(=O)OC(C)C)c1ccccc1[N+](=O)[O-].Cl. The van der Waals surface area contributed by atoms with Gasteiger partial charge in [0.1, 0.15) is 0 Å². The van der Waals surface area contributed by atoms with Gasteiger partial charge in [0.25, 0.3) is 5.69 Å². The van der Waals surface area contributed by atoms with Crippen LogP contribution in [-0.4, -0.2) is 36.5 Å². The van der Waals surface area contributed by atoms with Crippen molar-refractivity contribution in [3.05, 3.63) is 39.9 Å². The third-order valence-corrected chi connectivity index (χ3v) is 3.52. The summed E-state index contributed by atoms with van der Waals surface area (Å²) in [5.41, 5.74) is 0.129. The monoisotopic (exact) mass is 387 g/mol. The van der Waals surface area contributed by atoms with E-state index in [2.05, 4.69) is 10.6 Å². The zero-order valence-corrected chi connectivity index (χ0v) is 16.2. The molecule has 1 aromatic rings. The molecule has 2 atom stereocenters. The first-order valence-corrected chi connectivity index (χ1v) is 8.14. The summed E-state index contributed by atoms with van der Waals surface area (Å²) in [4.78, 5) is 35.1. The summed E-state index contributed by atoms with van der Waals surface area (Å²) < 4.78 is 5.12. The molecule has 2 N–H and O–H groups in total. The summed E-state index contributed by atoms with van der Waals surface area (Å²) in [5, 5.41) is 16.9. The number of para-hydroxylation sites is 1. The number of nitrogens with zero attached hydrogens (tertiary/aromatic N) is 1. The number of amides is 1. The van der Waals surface area contributed by atoms with Crippen LogP contribution in [0.5, 0.6) is 0 Å². The zero-order valence-electron chi connectivity index (χ0n) is 15.4. The fourth-order valence-electron chi connectivity index (χ4n) is 2.38. The summed E-state index contributed by atoms with van der Waals surface area (Å²) in [6.45, 7) is 5.61. The van der Waals surface area contributed by atoms with Crippen molar-refractivity contribution in [3.8, 4) is 0 Å². The quantitative estimate of drug-likeness (QED) is 0.382. The Kier molecular flexibility index (Phi) is 10.5. The number of esters is 1. The Morgan fingerprint density at radius 2 is 1.85 bits per heavy atom. The van der Waals surface area contributed by atoms with Crippen LogP contribution in [-0.2, 0) is 14.3 Å². The van der Waals surface area contributed by atoms with Crippen molar-refractivity contribution in [1.82, 2.24) is 10.6 Å². The fraction of sp³-hybridized carbons (Fsp3) is 0.529. The molecule has 9 heteroatoms. The van der Waals surface area contributed by atoms with Crippen molar-refractivity contribution in [2.75, 3.05) is 13.6 Å². The lowest BCUT2D eigenvalue weighted by Crippen LogP contribution is -2.38. The standard InChI is InChI=1S/C17H25N3O5.ClH/c1-11(2)25-16(21)9-14(19-17(22)12(3)10-18-4)13-7-5-6-8-15(13)20(23)24;/h5-8,11-12,14,18H,9-10H2,1-4H3,(H,19,22);1H. The minimum atomic E-state index is -0.834. The van der Waals surface area contributed by atoms with E-state index in [9.17, 15) is 19.7 Å².